The summed E-state index contributed by atoms with van der Waals surface area (Å²) in [6.07, 6.45) is 0. The number of benzene rings is 3. The molecule has 0 bridgehead atoms. The second-order valence-corrected chi connectivity index (χ2v) is 11.3. The molecule has 3 aromatic rings. The van der Waals surface area contributed by atoms with E-state index in [1.54, 1.807) is 72.8 Å². The number of carbonyl (C=O) groups excluding carboxylic acids is 2. The van der Waals surface area contributed by atoms with Gasteiger partial charge < -0.3 is 10.4 Å². The number of aryl methyl sites for hydroxylation is 1. The molecule has 3 unspecified atom stereocenters. The van der Waals surface area contributed by atoms with Crippen LogP contribution >= 0.6 is 0 Å². The van der Waals surface area contributed by atoms with Crippen LogP contribution in [0.1, 0.15) is 35.3 Å². The first-order valence-electron chi connectivity index (χ1n) is 11.8. The number of Topliss-reactive ketones (excluding diaryl/α,β-unsaturated/α-hetero) is 1. The smallest absolute Gasteiger partial charge is 0.269 e. The van der Waals surface area contributed by atoms with Gasteiger partial charge in [0.15, 0.2) is 11.5 Å². The zero-order valence-electron chi connectivity index (χ0n) is 20.5. The molecule has 0 radical (unpaired) electrons. The van der Waals surface area contributed by atoms with E-state index in [-0.39, 0.29) is 21.9 Å². The molecule has 3 atom stereocenters. The van der Waals surface area contributed by atoms with Gasteiger partial charge in [-0.05, 0) is 31.5 Å². The van der Waals surface area contributed by atoms with Crippen molar-refractivity contribution in [2.75, 3.05) is 6.54 Å². The lowest BCUT2D eigenvalue weighted by atomic mass is 9.85. The molecule has 8 heteroatoms. The molecule has 4 rings (SSSR count). The van der Waals surface area contributed by atoms with E-state index in [0.717, 1.165) is 5.56 Å². The van der Waals surface area contributed by atoms with E-state index in [2.05, 4.69) is 5.32 Å². The lowest BCUT2D eigenvalue weighted by Gasteiger charge is -2.37. The first-order valence-corrected chi connectivity index (χ1v) is 13.3. The van der Waals surface area contributed by atoms with Crippen molar-refractivity contribution in [3.05, 3.63) is 102 Å². The van der Waals surface area contributed by atoms with Gasteiger partial charge in [0.1, 0.15) is 5.92 Å². The zero-order chi connectivity index (χ0) is 26.1. The van der Waals surface area contributed by atoms with Gasteiger partial charge in [0, 0.05) is 11.1 Å². The number of nitrogens with one attached hydrogen (secondary N) is 1. The largest absolute Gasteiger partial charge is 0.365 e. The van der Waals surface area contributed by atoms with Crippen molar-refractivity contribution >= 4 is 21.7 Å². The molecule has 1 amide bonds. The van der Waals surface area contributed by atoms with E-state index < -0.39 is 39.4 Å². The normalized spacial score (nSPS) is 22.2. The van der Waals surface area contributed by atoms with Crippen LogP contribution in [0.15, 0.2) is 89.8 Å². The fourth-order valence-electron chi connectivity index (χ4n) is 4.56. The van der Waals surface area contributed by atoms with Crippen molar-refractivity contribution in [3.63, 3.8) is 0 Å². The lowest BCUT2D eigenvalue weighted by Crippen LogP contribution is -2.56. The fraction of sp³-hybridized carbons (Fsp3) is 0.286. The van der Waals surface area contributed by atoms with Crippen molar-refractivity contribution in [2.45, 2.75) is 37.4 Å². The molecule has 188 valence electrons. The number of sulfonamides is 1. The fourth-order valence-corrected chi connectivity index (χ4v) is 6.19. The van der Waals surface area contributed by atoms with Crippen molar-refractivity contribution in [3.8, 4) is 0 Å². The lowest BCUT2D eigenvalue weighted by molar-refractivity contribution is -0.135. The van der Waals surface area contributed by atoms with Gasteiger partial charge in [-0.1, -0.05) is 92.2 Å². The minimum absolute atomic E-state index is 0.107. The number of nitrogens with zero attached hydrogens (tertiary/aromatic N) is 1. The molecule has 2 N–H and O–H groups in total. The molecule has 0 aliphatic carbocycles. The summed E-state index contributed by atoms with van der Waals surface area (Å²) in [4.78, 5) is 27.5. The van der Waals surface area contributed by atoms with Gasteiger partial charge in [0.25, 0.3) is 15.9 Å². The zero-order valence-corrected chi connectivity index (χ0v) is 21.3. The van der Waals surface area contributed by atoms with Gasteiger partial charge >= 0.3 is 0 Å². The maximum absolute atomic E-state index is 14.0. The maximum atomic E-state index is 14.0. The first-order chi connectivity index (χ1) is 17.1. The van der Waals surface area contributed by atoms with Crippen LogP contribution in [-0.4, -0.2) is 42.1 Å². The van der Waals surface area contributed by atoms with Crippen LogP contribution in [0.4, 0.5) is 0 Å². The molecule has 36 heavy (non-hydrogen) atoms. The molecule has 7 nitrogen and oxygen atoms in total. The van der Waals surface area contributed by atoms with Crippen LogP contribution in [0.3, 0.4) is 0 Å². The van der Waals surface area contributed by atoms with Crippen molar-refractivity contribution in [1.29, 1.82) is 0 Å². The maximum Gasteiger partial charge on any atom is 0.269 e. The number of carbonyl (C=O) groups is 2. The number of hydrogen-bond acceptors (Lipinski definition) is 6. The molecule has 1 saturated heterocycles. The Morgan fingerprint density at radius 1 is 0.972 bits per heavy atom. The summed E-state index contributed by atoms with van der Waals surface area (Å²) < 4.78 is 28.4. The quantitative estimate of drug-likeness (QED) is 0.358. The van der Waals surface area contributed by atoms with Crippen LogP contribution < -0.4 is 5.32 Å². The Morgan fingerprint density at radius 3 is 2.08 bits per heavy atom. The summed E-state index contributed by atoms with van der Waals surface area (Å²) in [6.45, 7) is 6.06. The number of aliphatic hydroxyl groups is 1. The summed E-state index contributed by atoms with van der Waals surface area (Å²) in [6, 6.07) is 21.2. The van der Waals surface area contributed by atoms with Gasteiger partial charge in [0.05, 0.1) is 10.9 Å². The van der Waals surface area contributed by atoms with Crippen LogP contribution in [0.5, 0.6) is 0 Å². The highest BCUT2D eigenvalue weighted by Crippen LogP contribution is 2.45. The number of hydrogen-bond donors (Lipinski definition) is 2. The van der Waals surface area contributed by atoms with Crippen LogP contribution in [0, 0.1) is 18.8 Å². The highest BCUT2D eigenvalue weighted by atomic mass is 32.2. The molecule has 0 spiro atoms. The Bertz CT molecular complexity index is 1340. The van der Waals surface area contributed by atoms with Gasteiger partial charge in [-0.3, -0.25) is 9.59 Å². The summed E-state index contributed by atoms with van der Waals surface area (Å²) in [5.74, 6) is -2.89. The van der Waals surface area contributed by atoms with Crippen LogP contribution in [0.2, 0.25) is 0 Å². The standard InChI is InChI=1S/C28H30N2O5S/c1-19(2)18-29-26-24(25(31)21-10-6-4-7-11-21)27(32)30(28(26,33)22-12-8-5-9-13-22)36(34,35)23-16-14-20(3)15-17-23/h4-17,19,24,26,29,33H,18H2,1-3H3. The topological polar surface area (TPSA) is 104 Å². The predicted molar refractivity (Wildman–Crippen MR) is 136 cm³/mol. The Hall–Kier alpha value is -3.33. The molecule has 0 saturated carbocycles. The third kappa shape index (κ3) is 4.48. The Balaban J connectivity index is 1.95. The van der Waals surface area contributed by atoms with Gasteiger partial charge in [0.2, 0.25) is 0 Å². The monoisotopic (exact) mass is 506 g/mol. The summed E-state index contributed by atoms with van der Waals surface area (Å²) in [7, 11) is -4.54. The second kappa shape index (κ2) is 9.97. The Labute approximate surface area is 211 Å². The average Bonchev–Trinajstić information content (AvgIpc) is 3.10. The van der Waals surface area contributed by atoms with E-state index in [9.17, 15) is 23.1 Å². The number of ketones is 1. The van der Waals surface area contributed by atoms with E-state index in [4.69, 9.17) is 0 Å². The van der Waals surface area contributed by atoms with E-state index in [1.807, 2.05) is 20.8 Å². The van der Waals surface area contributed by atoms with E-state index in [0.29, 0.717) is 10.8 Å². The minimum Gasteiger partial charge on any atom is -0.365 e. The van der Waals surface area contributed by atoms with Crippen molar-refractivity contribution in [1.82, 2.24) is 9.62 Å². The van der Waals surface area contributed by atoms with Gasteiger partial charge in [-0.15, -0.1) is 0 Å². The minimum atomic E-state index is -4.54. The highest BCUT2D eigenvalue weighted by molar-refractivity contribution is 7.89. The molecule has 1 fully saturated rings. The number of amides is 1. The third-order valence-corrected chi connectivity index (χ3v) is 8.19. The molecule has 1 aliphatic heterocycles. The first kappa shape index (κ1) is 25.8. The second-order valence-electron chi connectivity index (χ2n) is 9.50. The van der Waals surface area contributed by atoms with Gasteiger partial charge in [-0.25, -0.2) is 8.42 Å². The van der Waals surface area contributed by atoms with Crippen molar-refractivity contribution in [2.24, 2.45) is 11.8 Å². The van der Waals surface area contributed by atoms with E-state index >= 15 is 0 Å². The molecule has 0 aromatic heterocycles. The Morgan fingerprint density at radius 2 is 1.53 bits per heavy atom. The SMILES string of the molecule is Cc1ccc(S(=O)(=O)N2C(=O)C(C(=O)c3ccccc3)C(NCC(C)C)C2(O)c2ccccc2)cc1. The highest BCUT2D eigenvalue weighted by Gasteiger charge is 2.65. The molecule has 1 aliphatic rings. The third-order valence-electron chi connectivity index (χ3n) is 6.39. The molecule has 3 aromatic carbocycles. The summed E-state index contributed by atoms with van der Waals surface area (Å²) in [5.41, 5.74) is -1.05. The van der Waals surface area contributed by atoms with Gasteiger partial charge in [-0.2, -0.15) is 4.31 Å². The molecular weight excluding hydrogens is 476 g/mol. The van der Waals surface area contributed by atoms with Crippen molar-refractivity contribution < 1.29 is 23.1 Å². The Kier molecular flexibility index (Phi) is 7.13. The molecule has 1 heterocycles. The average molecular weight is 507 g/mol. The predicted octanol–water partition coefficient (Wildman–Crippen LogP) is 3.48. The van der Waals surface area contributed by atoms with Crippen LogP contribution in [-0.2, 0) is 20.5 Å². The van der Waals surface area contributed by atoms with Crippen LogP contribution in [0.25, 0.3) is 0 Å². The summed E-state index contributed by atoms with van der Waals surface area (Å²) >= 11 is 0. The summed E-state index contributed by atoms with van der Waals surface area (Å²) in [5, 5.41) is 15.5. The molecular formula is C28H30N2O5S. The number of rotatable bonds is 8. The van der Waals surface area contributed by atoms with E-state index in [1.165, 1.54) is 12.1 Å².